The minimum absolute atomic E-state index is 0.0708. The van der Waals surface area contributed by atoms with Gasteiger partial charge in [-0.3, -0.25) is 14.6 Å². The molecule has 1 saturated heterocycles. The molecule has 6 rings (SSSR count). The van der Waals surface area contributed by atoms with Gasteiger partial charge in [0.05, 0.1) is 23.4 Å². The number of alkyl halides is 2. The average molecular weight is 612 g/mol. The third-order valence-corrected chi connectivity index (χ3v) is 8.86. The average Bonchev–Trinajstić information content (AvgIpc) is 3.24. The maximum absolute atomic E-state index is 14.0. The third kappa shape index (κ3) is 5.63. The molecule has 2 fully saturated rings. The van der Waals surface area contributed by atoms with E-state index in [4.69, 9.17) is 21.4 Å². The summed E-state index contributed by atoms with van der Waals surface area (Å²) in [6.07, 6.45) is 2.80. The lowest BCUT2D eigenvalue weighted by molar-refractivity contribution is -0.124. The number of fused-ring (bicyclic) bond motifs is 2. The second-order valence-corrected chi connectivity index (χ2v) is 11.8. The number of hydrogen-bond acceptors (Lipinski definition) is 7. The van der Waals surface area contributed by atoms with Gasteiger partial charge in [-0.25, -0.2) is 13.8 Å². The number of aliphatic hydroxyl groups excluding tert-OH is 1. The number of nitrogens with one attached hydrogen (secondary N) is 1. The van der Waals surface area contributed by atoms with Crippen LogP contribution in [0.5, 0.6) is 5.75 Å². The fraction of sp³-hybridized carbons (Fsp3) is 0.419. The van der Waals surface area contributed by atoms with Gasteiger partial charge in [0.15, 0.2) is 0 Å². The normalized spacial score (nSPS) is 20.7. The summed E-state index contributed by atoms with van der Waals surface area (Å²) in [4.78, 5) is 38.9. The smallest absolute Gasteiger partial charge is 0.281 e. The minimum atomic E-state index is -2.88. The Morgan fingerprint density at radius 1 is 1.12 bits per heavy atom. The highest BCUT2D eigenvalue weighted by Crippen LogP contribution is 2.49. The van der Waals surface area contributed by atoms with Gasteiger partial charge in [-0.05, 0) is 61.4 Å². The summed E-state index contributed by atoms with van der Waals surface area (Å²) in [6.45, 7) is 1.77. The van der Waals surface area contributed by atoms with Crippen LogP contribution in [0.2, 0.25) is 5.02 Å². The Morgan fingerprint density at radius 2 is 1.88 bits per heavy atom. The number of anilines is 2. The molecule has 3 aliphatic rings. The molecule has 226 valence electrons. The van der Waals surface area contributed by atoms with E-state index in [1.807, 2.05) is 41.3 Å². The first kappa shape index (κ1) is 29.3. The molecule has 0 bridgehead atoms. The number of para-hydroxylation sites is 1. The maximum Gasteiger partial charge on any atom is 0.281 e. The summed E-state index contributed by atoms with van der Waals surface area (Å²) in [7, 11) is 0. The van der Waals surface area contributed by atoms with Crippen molar-refractivity contribution < 1.29 is 28.2 Å². The number of rotatable bonds is 9. The zero-order valence-corrected chi connectivity index (χ0v) is 24.1. The summed E-state index contributed by atoms with van der Waals surface area (Å²) in [6, 6.07) is 12.7. The van der Waals surface area contributed by atoms with E-state index in [1.54, 1.807) is 6.20 Å². The van der Waals surface area contributed by atoms with Crippen LogP contribution in [-0.2, 0) is 10.2 Å². The zero-order chi connectivity index (χ0) is 30.1. The number of nitrogens with zero attached hydrogens (tertiary/aromatic N) is 4. The Kier molecular flexibility index (Phi) is 8.19. The molecule has 1 spiro atoms. The monoisotopic (exact) mass is 611 g/mol. The molecule has 0 unspecified atom stereocenters. The fourth-order valence-corrected chi connectivity index (χ4v) is 6.63. The van der Waals surface area contributed by atoms with Crippen molar-refractivity contribution in [3.8, 4) is 5.75 Å². The van der Waals surface area contributed by atoms with E-state index in [0.29, 0.717) is 38.2 Å². The Bertz CT molecular complexity index is 1490. The van der Waals surface area contributed by atoms with Gasteiger partial charge in [-0.15, -0.1) is 0 Å². The molecule has 2 aliphatic heterocycles. The summed E-state index contributed by atoms with van der Waals surface area (Å²) < 4.78 is 32.2. The van der Waals surface area contributed by atoms with E-state index in [2.05, 4.69) is 20.2 Å². The number of benzene rings is 1. The quantitative estimate of drug-likeness (QED) is 0.366. The first-order valence-electron chi connectivity index (χ1n) is 14.4. The van der Waals surface area contributed by atoms with E-state index in [0.717, 1.165) is 36.1 Å². The predicted molar refractivity (Wildman–Crippen MR) is 157 cm³/mol. The molecule has 3 aromatic rings. The van der Waals surface area contributed by atoms with Crippen LogP contribution in [0.3, 0.4) is 0 Å². The number of carbonyl (C=O) groups is 2. The van der Waals surface area contributed by atoms with Crippen molar-refractivity contribution in [2.45, 2.75) is 43.6 Å². The number of hydrogen-bond donors (Lipinski definition) is 2. The van der Waals surface area contributed by atoms with E-state index in [1.165, 1.54) is 6.07 Å². The fourth-order valence-electron chi connectivity index (χ4n) is 6.48. The third-order valence-electron chi connectivity index (χ3n) is 8.65. The van der Waals surface area contributed by atoms with Gasteiger partial charge in [-0.1, -0.05) is 29.8 Å². The topological polar surface area (TPSA) is 108 Å². The molecule has 2 aromatic heterocycles. The van der Waals surface area contributed by atoms with Gasteiger partial charge in [0, 0.05) is 37.6 Å². The Balaban J connectivity index is 1.07. The number of ether oxygens (including phenoxy) is 1. The number of amides is 2. The number of pyridine rings is 2. The van der Waals surface area contributed by atoms with Crippen molar-refractivity contribution in [2.75, 3.05) is 42.6 Å². The van der Waals surface area contributed by atoms with Crippen LogP contribution in [0.1, 0.15) is 53.7 Å². The molecule has 2 amide bonds. The van der Waals surface area contributed by atoms with Crippen LogP contribution in [0.4, 0.5) is 20.3 Å². The van der Waals surface area contributed by atoms with E-state index >= 15 is 0 Å². The molecule has 4 heterocycles. The second kappa shape index (κ2) is 12.0. The van der Waals surface area contributed by atoms with Gasteiger partial charge < -0.3 is 25.0 Å². The molecule has 43 heavy (non-hydrogen) atoms. The summed E-state index contributed by atoms with van der Waals surface area (Å²) in [5.74, 6) is 1.08. The van der Waals surface area contributed by atoms with Crippen molar-refractivity contribution in [3.63, 3.8) is 0 Å². The number of carbonyl (C=O) groups excluding carboxylic acids is 2. The van der Waals surface area contributed by atoms with E-state index in [9.17, 15) is 18.4 Å². The van der Waals surface area contributed by atoms with Gasteiger partial charge >= 0.3 is 0 Å². The standard InChI is InChI=1S/C31H32ClF2N5O4/c32-20-13-23(27(28(33)34)36-14-20)29(41)37-21-7-5-19(6-8-21)16-39-25-4-2-1-3-24(25)31(30(39)42)17-38(18-31)26-10-9-22(15-35-26)43-12-11-40/h1-4,9-10,13-15,19,21,28,40H,5-8,11-12,16-18H2,(H,37,41). The molecule has 9 nitrogen and oxygen atoms in total. The minimum Gasteiger partial charge on any atom is -0.490 e. The summed E-state index contributed by atoms with van der Waals surface area (Å²) >= 11 is 5.91. The van der Waals surface area contributed by atoms with Gasteiger partial charge in [0.1, 0.15) is 29.3 Å². The SMILES string of the molecule is O=C(NC1CCC(CN2C(=O)C3(CN(c4ccc(OCCO)cn4)C3)c3ccccc32)CC1)c1cc(Cl)cnc1C(F)F. The van der Waals surface area contributed by atoms with Crippen molar-refractivity contribution >= 4 is 34.9 Å². The number of halogens is 3. The first-order chi connectivity index (χ1) is 20.8. The van der Waals surface area contributed by atoms with Crippen LogP contribution in [0.25, 0.3) is 0 Å². The highest BCUT2D eigenvalue weighted by atomic mass is 35.5. The molecule has 1 aromatic carbocycles. The highest BCUT2D eigenvalue weighted by molar-refractivity contribution is 6.30. The highest BCUT2D eigenvalue weighted by Gasteiger charge is 2.58. The van der Waals surface area contributed by atoms with E-state index < -0.39 is 23.4 Å². The zero-order valence-electron chi connectivity index (χ0n) is 23.4. The lowest BCUT2D eigenvalue weighted by atomic mass is 9.74. The molecule has 1 saturated carbocycles. The largest absolute Gasteiger partial charge is 0.490 e. The van der Waals surface area contributed by atoms with Gasteiger partial charge in [0.2, 0.25) is 5.91 Å². The van der Waals surface area contributed by atoms with Crippen molar-refractivity contribution in [1.29, 1.82) is 0 Å². The van der Waals surface area contributed by atoms with Crippen molar-refractivity contribution in [3.05, 3.63) is 76.7 Å². The lowest BCUT2D eigenvalue weighted by Gasteiger charge is -2.47. The summed E-state index contributed by atoms with van der Waals surface area (Å²) in [5, 5.41) is 12.0. The van der Waals surface area contributed by atoms with Crippen LogP contribution in [0, 0.1) is 5.92 Å². The Labute approximate surface area is 252 Å². The summed E-state index contributed by atoms with van der Waals surface area (Å²) in [5.41, 5.74) is 0.569. The Morgan fingerprint density at radius 3 is 2.58 bits per heavy atom. The van der Waals surface area contributed by atoms with Crippen molar-refractivity contribution in [2.24, 2.45) is 5.92 Å². The molecule has 0 radical (unpaired) electrons. The number of aliphatic hydroxyl groups is 1. The number of aromatic nitrogens is 2. The second-order valence-electron chi connectivity index (χ2n) is 11.4. The van der Waals surface area contributed by atoms with Crippen LogP contribution in [-0.4, -0.2) is 65.8 Å². The van der Waals surface area contributed by atoms with Crippen LogP contribution >= 0.6 is 11.6 Å². The van der Waals surface area contributed by atoms with E-state index in [-0.39, 0.29) is 41.7 Å². The van der Waals surface area contributed by atoms with Crippen molar-refractivity contribution in [1.82, 2.24) is 15.3 Å². The molecule has 12 heteroatoms. The lowest BCUT2D eigenvalue weighted by Crippen LogP contribution is -2.64. The first-order valence-corrected chi connectivity index (χ1v) is 14.8. The molecular formula is C31H32ClF2N5O4. The molecule has 2 N–H and O–H groups in total. The molecule has 0 atom stereocenters. The maximum atomic E-state index is 14.0. The predicted octanol–water partition coefficient (Wildman–Crippen LogP) is 4.53. The molecular weight excluding hydrogens is 580 g/mol. The van der Waals surface area contributed by atoms with Crippen LogP contribution < -0.4 is 19.9 Å². The van der Waals surface area contributed by atoms with Gasteiger partial charge in [-0.2, -0.15) is 0 Å². The Hall–Kier alpha value is -3.83. The van der Waals surface area contributed by atoms with Crippen LogP contribution in [0.15, 0.2) is 54.9 Å². The molecule has 1 aliphatic carbocycles. The van der Waals surface area contributed by atoms with Gasteiger partial charge in [0.25, 0.3) is 12.3 Å².